The summed E-state index contributed by atoms with van der Waals surface area (Å²) in [7, 11) is 1.86. The van der Waals surface area contributed by atoms with Gasteiger partial charge in [-0.2, -0.15) is 0 Å². The van der Waals surface area contributed by atoms with Crippen molar-refractivity contribution < 1.29 is 13.9 Å². The zero-order valence-electron chi connectivity index (χ0n) is 15.1. The molecule has 136 valence electrons. The third-order valence-electron chi connectivity index (χ3n) is 4.27. The molecule has 0 aliphatic carbocycles. The molecule has 0 bridgehead atoms. The maximum Gasteiger partial charge on any atom is 0.293 e. The summed E-state index contributed by atoms with van der Waals surface area (Å²) in [5, 5.41) is 2.79. The van der Waals surface area contributed by atoms with E-state index in [2.05, 4.69) is 10.3 Å². The molecule has 0 aliphatic rings. The number of fused-ring (bicyclic) bond motifs is 1. The molecule has 0 fully saturated rings. The van der Waals surface area contributed by atoms with Crippen LogP contribution in [-0.2, 0) is 13.7 Å². The summed E-state index contributed by atoms with van der Waals surface area (Å²) >= 11 is 0. The molecule has 27 heavy (non-hydrogen) atoms. The number of anilines is 1. The Labute approximate surface area is 156 Å². The standard InChI is InChI=1S/C21H19N3O3/c1-14-6-5-7-15(12-14)26-13-16-10-11-19(27-16)20(25)23-21-22-17-8-3-4-9-18(17)24(21)2/h3-12H,13H2,1-2H3,(H,22,23,25). The zero-order chi connectivity index (χ0) is 18.8. The molecule has 1 N–H and O–H groups in total. The van der Waals surface area contributed by atoms with Crippen LogP contribution in [0.1, 0.15) is 21.9 Å². The first-order valence-corrected chi connectivity index (χ1v) is 8.61. The molecule has 6 heteroatoms. The highest BCUT2D eigenvalue weighted by Gasteiger charge is 2.15. The van der Waals surface area contributed by atoms with Crippen molar-refractivity contribution >= 4 is 22.9 Å². The fraction of sp³-hybridized carbons (Fsp3) is 0.143. The summed E-state index contributed by atoms with van der Waals surface area (Å²) in [4.78, 5) is 16.9. The lowest BCUT2D eigenvalue weighted by Gasteiger charge is -2.05. The molecule has 2 aromatic heterocycles. The lowest BCUT2D eigenvalue weighted by atomic mass is 10.2. The van der Waals surface area contributed by atoms with E-state index in [0.717, 1.165) is 22.3 Å². The molecular formula is C21H19N3O3. The number of nitrogens with zero attached hydrogens (tertiary/aromatic N) is 2. The van der Waals surface area contributed by atoms with Crippen molar-refractivity contribution in [2.45, 2.75) is 13.5 Å². The number of aromatic nitrogens is 2. The first-order valence-electron chi connectivity index (χ1n) is 8.61. The number of carbonyl (C=O) groups is 1. The minimum absolute atomic E-state index is 0.213. The second-order valence-corrected chi connectivity index (χ2v) is 6.31. The molecule has 1 amide bonds. The van der Waals surface area contributed by atoms with Gasteiger partial charge in [0.15, 0.2) is 5.76 Å². The molecule has 0 spiro atoms. The monoisotopic (exact) mass is 361 g/mol. The number of amides is 1. The van der Waals surface area contributed by atoms with Gasteiger partial charge in [0.05, 0.1) is 11.0 Å². The van der Waals surface area contributed by atoms with Crippen LogP contribution in [0.25, 0.3) is 11.0 Å². The molecule has 0 saturated heterocycles. The van der Waals surface area contributed by atoms with Gasteiger partial charge in [-0.05, 0) is 48.9 Å². The predicted molar refractivity (Wildman–Crippen MR) is 103 cm³/mol. The average Bonchev–Trinajstić information content (AvgIpc) is 3.26. The average molecular weight is 361 g/mol. The molecule has 6 nitrogen and oxygen atoms in total. The van der Waals surface area contributed by atoms with Gasteiger partial charge in [-0.1, -0.05) is 24.3 Å². The van der Waals surface area contributed by atoms with Gasteiger partial charge in [0.2, 0.25) is 5.95 Å². The van der Waals surface area contributed by atoms with Crippen molar-refractivity contribution in [1.82, 2.24) is 9.55 Å². The molecule has 0 unspecified atom stereocenters. The summed E-state index contributed by atoms with van der Waals surface area (Å²) in [5.41, 5.74) is 2.89. The van der Waals surface area contributed by atoms with Crippen molar-refractivity contribution in [1.29, 1.82) is 0 Å². The molecule has 0 aliphatic heterocycles. The lowest BCUT2D eigenvalue weighted by molar-refractivity contribution is 0.0991. The molecule has 0 saturated carbocycles. The summed E-state index contributed by atoms with van der Waals surface area (Å²) < 4.78 is 13.1. The molecule has 0 atom stereocenters. The second-order valence-electron chi connectivity index (χ2n) is 6.31. The summed E-state index contributed by atoms with van der Waals surface area (Å²) in [6, 6.07) is 18.8. The van der Waals surface area contributed by atoms with Gasteiger partial charge < -0.3 is 13.7 Å². The van der Waals surface area contributed by atoms with E-state index in [1.165, 1.54) is 0 Å². The molecule has 4 aromatic rings. The molecule has 2 aromatic carbocycles. The van der Waals surface area contributed by atoms with E-state index in [1.807, 2.05) is 67.1 Å². The predicted octanol–water partition coefficient (Wildman–Crippen LogP) is 4.31. The Hall–Kier alpha value is -3.54. The Kier molecular flexibility index (Phi) is 4.38. The van der Waals surface area contributed by atoms with E-state index in [9.17, 15) is 4.79 Å². The summed E-state index contributed by atoms with van der Waals surface area (Å²) in [5.74, 6) is 1.67. The maximum atomic E-state index is 12.5. The van der Waals surface area contributed by atoms with E-state index < -0.39 is 0 Å². The number of aryl methyl sites for hydroxylation is 2. The topological polar surface area (TPSA) is 69.3 Å². The Balaban J connectivity index is 1.44. The van der Waals surface area contributed by atoms with Crippen LogP contribution in [0.4, 0.5) is 5.95 Å². The number of benzene rings is 2. The van der Waals surface area contributed by atoms with E-state index in [0.29, 0.717) is 11.7 Å². The van der Waals surface area contributed by atoms with Crippen LogP contribution in [0.2, 0.25) is 0 Å². The van der Waals surface area contributed by atoms with Gasteiger partial charge in [0, 0.05) is 7.05 Å². The van der Waals surface area contributed by atoms with Crippen LogP contribution >= 0.6 is 0 Å². The van der Waals surface area contributed by atoms with Crippen LogP contribution < -0.4 is 10.1 Å². The van der Waals surface area contributed by atoms with Gasteiger partial charge in [0.25, 0.3) is 5.91 Å². The minimum atomic E-state index is -0.352. The van der Waals surface area contributed by atoms with E-state index >= 15 is 0 Å². The number of furan rings is 1. The van der Waals surface area contributed by atoms with E-state index in [1.54, 1.807) is 12.1 Å². The highest BCUT2D eigenvalue weighted by Crippen LogP contribution is 2.19. The molecular weight excluding hydrogens is 342 g/mol. The number of imidazole rings is 1. The van der Waals surface area contributed by atoms with Crippen molar-refractivity contribution in [3.63, 3.8) is 0 Å². The van der Waals surface area contributed by atoms with Gasteiger partial charge in [-0.15, -0.1) is 0 Å². The number of hydrogen-bond acceptors (Lipinski definition) is 4. The fourth-order valence-corrected chi connectivity index (χ4v) is 2.86. The molecule has 0 radical (unpaired) electrons. The normalized spacial score (nSPS) is 10.9. The van der Waals surface area contributed by atoms with Gasteiger partial charge >= 0.3 is 0 Å². The first-order chi connectivity index (χ1) is 13.1. The highest BCUT2D eigenvalue weighted by molar-refractivity contribution is 6.02. The summed E-state index contributed by atoms with van der Waals surface area (Å²) in [6.07, 6.45) is 0. The number of hydrogen-bond donors (Lipinski definition) is 1. The van der Waals surface area contributed by atoms with Crippen LogP contribution in [0.15, 0.2) is 65.1 Å². The SMILES string of the molecule is Cc1cccc(OCc2ccc(C(=O)Nc3nc4ccccc4n3C)o2)c1. The van der Waals surface area contributed by atoms with Crippen LogP contribution in [-0.4, -0.2) is 15.5 Å². The number of para-hydroxylation sites is 2. The number of nitrogens with one attached hydrogen (secondary N) is 1. The lowest BCUT2D eigenvalue weighted by Crippen LogP contribution is -2.14. The van der Waals surface area contributed by atoms with Crippen molar-refractivity contribution in [2.24, 2.45) is 7.05 Å². The Morgan fingerprint density at radius 2 is 2.00 bits per heavy atom. The van der Waals surface area contributed by atoms with Crippen LogP contribution in [0, 0.1) is 6.92 Å². The fourth-order valence-electron chi connectivity index (χ4n) is 2.86. The Bertz CT molecular complexity index is 1110. The van der Waals surface area contributed by atoms with Crippen molar-refractivity contribution in [2.75, 3.05) is 5.32 Å². The smallest absolute Gasteiger partial charge is 0.293 e. The Morgan fingerprint density at radius 1 is 1.15 bits per heavy atom. The third-order valence-corrected chi connectivity index (χ3v) is 4.27. The van der Waals surface area contributed by atoms with Gasteiger partial charge in [0.1, 0.15) is 18.1 Å². The first kappa shape index (κ1) is 16.9. The zero-order valence-corrected chi connectivity index (χ0v) is 15.1. The maximum absolute atomic E-state index is 12.5. The van der Waals surface area contributed by atoms with E-state index in [4.69, 9.17) is 9.15 Å². The third kappa shape index (κ3) is 3.55. The van der Waals surface area contributed by atoms with Crippen molar-refractivity contribution in [3.8, 4) is 5.75 Å². The number of rotatable bonds is 5. The van der Waals surface area contributed by atoms with E-state index in [-0.39, 0.29) is 18.3 Å². The van der Waals surface area contributed by atoms with Crippen molar-refractivity contribution in [3.05, 3.63) is 77.7 Å². The van der Waals surface area contributed by atoms with Crippen LogP contribution in [0.5, 0.6) is 5.75 Å². The molecule has 2 heterocycles. The number of carbonyl (C=O) groups excluding carboxylic acids is 1. The van der Waals surface area contributed by atoms with Crippen LogP contribution in [0.3, 0.4) is 0 Å². The quantitative estimate of drug-likeness (QED) is 0.575. The Morgan fingerprint density at radius 3 is 2.81 bits per heavy atom. The molecule has 4 rings (SSSR count). The second kappa shape index (κ2) is 6.99. The number of ether oxygens (including phenoxy) is 1. The largest absolute Gasteiger partial charge is 0.486 e. The summed E-state index contributed by atoms with van der Waals surface area (Å²) in [6.45, 7) is 2.26. The minimum Gasteiger partial charge on any atom is -0.486 e. The highest BCUT2D eigenvalue weighted by atomic mass is 16.5. The van der Waals surface area contributed by atoms with Gasteiger partial charge in [-0.3, -0.25) is 10.1 Å². The van der Waals surface area contributed by atoms with Gasteiger partial charge in [-0.25, -0.2) is 4.98 Å².